The summed E-state index contributed by atoms with van der Waals surface area (Å²) >= 11 is 0. The summed E-state index contributed by atoms with van der Waals surface area (Å²) in [6.07, 6.45) is 0.674. The molecule has 1 rings (SSSR count). The van der Waals surface area contributed by atoms with Gasteiger partial charge in [-0.15, -0.1) is 0 Å². The molecule has 0 aliphatic heterocycles. The maximum Gasteiger partial charge on any atom is 0.119 e. The lowest BCUT2D eigenvalue weighted by Crippen LogP contribution is -2.14. The summed E-state index contributed by atoms with van der Waals surface area (Å²) in [5.41, 5.74) is 6.72. The van der Waals surface area contributed by atoms with Crippen molar-refractivity contribution in [2.75, 3.05) is 14.2 Å². The van der Waals surface area contributed by atoms with Gasteiger partial charge < -0.3 is 10.5 Å². The Balaban J connectivity index is 2.77. The molecule has 1 aromatic carbocycles. The lowest BCUT2D eigenvalue weighted by molar-refractivity contribution is 0.414. The van der Waals surface area contributed by atoms with Gasteiger partial charge in [0.1, 0.15) is 5.75 Å². The number of benzene rings is 1. The van der Waals surface area contributed by atoms with Gasteiger partial charge in [0.25, 0.3) is 0 Å². The van der Waals surface area contributed by atoms with E-state index in [1.807, 2.05) is 24.3 Å². The molecule has 0 saturated carbocycles. The van der Waals surface area contributed by atoms with Crippen LogP contribution in [0.5, 0.6) is 5.75 Å². The van der Waals surface area contributed by atoms with Crippen molar-refractivity contribution in [2.24, 2.45) is 10.7 Å². The molecule has 0 heterocycles. The Bertz CT molecular complexity index is 308. The number of rotatable bonds is 3. The minimum atomic E-state index is 0.633. The van der Waals surface area contributed by atoms with Gasteiger partial charge >= 0.3 is 0 Å². The predicted molar refractivity (Wildman–Crippen MR) is 54.2 cm³/mol. The van der Waals surface area contributed by atoms with Gasteiger partial charge in [0.2, 0.25) is 0 Å². The zero-order valence-electron chi connectivity index (χ0n) is 7.95. The van der Waals surface area contributed by atoms with Crippen molar-refractivity contribution in [3.63, 3.8) is 0 Å². The minimum Gasteiger partial charge on any atom is -0.497 e. The molecule has 3 nitrogen and oxygen atoms in total. The standard InChI is InChI=1S/C10H14N2O/c1-12-10(11)7-8-4-3-5-9(6-8)13-2/h3-6H,7H2,1-2H3,(H2,11,12). The summed E-state index contributed by atoms with van der Waals surface area (Å²) in [7, 11) is 3.34. The zero-order valence-corrected chi connectivity index (χ0v) is 7.95. The molecule has 3 heteroatoms. The normalized spacial score (nSPS) is 11.4. The minimum absolute atomic E-state index is 0.633. The van der Waals surface area contributed by atoms with Gasteiger partial charge in [-0.1, -0.05) is 12.1 Å². The third-order valence-corrected chi connectivity index (χ3v) is 1.81. The van der Waals surface area contributed by atoms with E-state index in [0.29, 0.717) is 12.3 Å². The number of methoxy groups -OCH3 is 1. The number of aliphatic imine (C=N–C) groups is 1. The molecule has 0 fully saturated rings. The van der Waals surface area contributed by atoms with Crippen LogP contribution in [0.2, 0.25) is 0 Å². The predicted octanol–water partition coefficient (Wildman–Crippen LogP) is 1.22. The number of hydrogen-bond donors (Lipinski definition) is 1. The van der Waals surface area contributed by atoms with Gasteiger partial charge in [0.15, 0.2) is 0 Å². The summed E-state index contributed by atoms with van der Waals surface area (Å²) in [6.45, 7) is 0. The van der Waals surface area contributed by atoms with E-state index in [2.05, 4.69) is 4.99 Å². The first kappa shape index (κ1) is 9.58. The number of hydrogen-bond acceptors (Lipinski definition) is 2. The van der Waals surface area contributed by atoms with E-state index < -0.39 is 0 Å². The molecular formula is C10H14N2O. The fourth-order valence-corrected chi connectivity index (χ4v) is 1.07. The molecule has 2 N–H and O–H groups in total. The van der Waals surface area contributed by atoms with Gasteiger partial charge in [-0.25, -0.2) is 0 Å². The van der Waals surface area contributed by atoms with Crippen LogP contribution in [0.3, 0.4) is 0 Å². The monoisotopic (exact) mass is 178 g/mol. The lowest BCUT2D eigenvalue weighted by atomic mass is 10.1. The molecule has 1 aromatic rings. The van der Waals surface area contributed by atoms with Crippen LogP contribution in [0.4, 0.5) is 0 Å². The maximum absolute atomic E-state index is 5.61. The van der Waals surface area contributed by atoms with Crippen molar-refractivity contribution >= 4 is 5.84 Å². The molecule has 0 unspecified atom stereocenters. The first-order valence-corrected chi connectivity index (χ1v) is 4.10. The molecular weight excluding hydrogens is 164 g/mol. The van der Waals surface area contributed by atoms with Gasteiger partial charge in [0.05, 0.1) is 12.9 Å². The molecule has 0 amide bonds. The van der Waals surface area contributed by atoms with Crippen molar-refractivity contribution in [3.05, 3.63) is 29.8 Å². The average Bonchev–Trinajstić information content (AvgIpc) is 2.18. The van der Waals surface area contributed by atoms with Crippen molar-refractivity contribution < 1.29 is 4.74 Å². The molecule has 0 radical (unpaired) electrons. The Morgan fingerprint density at radius 3 is 2.92 bits per heavy atom. The Morgan fingerprint density at radius 2 is 2.31 bits per heavy atom. The third kappa shape index (κ3) is 2.78. The number of nitrogens with two attached hydrogens (primary N) is 1. The molecule has 0 aliphatic rings. The Kier molecular flexibility index (Phi) is 3.31. The van der Waals surface area contributed by atoms with Crippen LogP contribution in [-0.4, -0.2) is 20.0 Å². The number of nitrogens with zero attached hydrogens (tertiary/aromatic N) is 1. The van der Waals surface area contributed by atoms with Crippen LogP contribution in [-0.2, 0) is 6.42 Å². The highest BCUT2D eigenvalue weighted by Gasteiger charge is 1.97. The number of amidine groups is 1. The van der Waals surface area contributed by atoms with Crippen molar-refractivity contribution in [1.29, 1.82) is 0 Å². The van der Waals surface area contributed by atoms with Crippen LogP contribution in [0.25, 0.3) is 0 Å². The van der Waals surface area contributed by atoms with E-state index in [1.165, 1.54) is 0 Å². The Hall–Kier alpha value is -1.51. The van der Waals surface area contributed by atoms with Gasteiger partial charge in [-0.3, -0.25) is 4.99 Å². The topological polar surface area (TPSA) is 47.6 Å². The summed E-state index contributed by atoms with van der Waals surface area (Å²) in [6, 6.07) is 7.80. The maximum atomic E-state index is 5.61. The van der Waals surface area contributed by atoms with Crippen LogP contribution >= 0.6 is 0 Å². The molecule has 70 valence electrons. The van der Waals surface area contributed by atoms with E-state index in [-0.39, 0.29) is 0 Å². The summed E-state index contributed by atoms with van der Waals surface area (Å²) in [4.78, 5) is 3.89. The van der Waals surface area contributed by atoms with E-state index in [0.717, 1.165) is 11.3 Å². The third-order valence-electron chi connectivity index (χ3n) is 1.81. The quantitative estimate of drug-likeness (QED) is 0.559. The molecule has 0 atom stereocenters. The smallest absolute Gasteiger partial charge is 0.119 e. The van der Waals surface area contributed by atoms with E-state index in [1.54, 1.807) is 14.2 Å². The largest absolute Gasteiger partial charge is 0.497 e. The molecule has 0 aromatic heterocycles. The zero-order chi connectivity index (χ0) is 9.68. The van der Waals surface area contributed by atoms with Gasteiger partial charge in [-0.2, -0.15) is 0 Å². The van der Waals surface area contributed by atoms with Crippen LogP contribution in [0.15, 0.2) is 29.3 Å². The first-order chi connectivity index (χ1) is 6.26. The highest BCUT2D eigenvalue weighted by atomic mass is 16.5. The fourth-order valence-electron chi connectivity index (χ4n) is 1.07. The SMILES string of the molecule is CN=C(N)Cc1cccc(OC)c1. The summed E-state index contributed by atoms with van der Waals surface area (Å²) in [5, 5.41) is 0. The highest BCUT2D eigenvalue weighted by Crippen LogP contribution is 2.12. The van der Waals surface area contributed by atoms with Crippen molar-refractivity contribution in [2.45, 2.75) is 6.42 Å². The molecule has 0 aliphatic carbocycles. The van der Waals surface area contributed by atoms with Crippen LogP contribution in [0.1, 0.15) is 5.56 Å². The van der Waals surface area contributed by atoms with E-state index >= 15 is 0 Å². The molecule has 0 spiro atoms. The first-order valence-electron chi connectivity index (χ1n) is 4.10. The molecule has 0 bridgehead atoms. The fraction of sp³-hybridized carbons (Fsp3) is 0.300. The summed E-state index contributed by atoms with van der Waals surface area (Å²) < 4.78 is 5.09. The summed E-state index contributed by atoms with van der Waals surface area (Å²) in [5.74, 6) is 1.48. The second-order valence-electron chi connectivity index (χ2n) is 2.74. The second-order valence-corrected chi connectivity index (χ2v) is 2.74. The Morgan fingerprint density at radius 1 is 1.54 bits per heavy atom. The van der Waals surface area contributed by atoms with Gasteiger partial charge in [0, 0.05) is 13.5 Å². The van der Waals surface area contributed by atoms with E-state index in [9.17, 15) is 0 Å². The molecule has 13 heavy (non-hydrogen) atoms. The molecule has 0 saturated heterocycles. The lowest BCUT2D eigenvalue weighted by Gasteiger charge is -2.03. The second kappa shape index (κ2) is 4.50. The highest BCUT2D eigenvalue weighted by molar-refractivity contribution is 5.82. The van der Waals surface area contributed by atoms with Crippen molar-refractivity contribution in [1.82, 2.24) is 0 Å². The van der Waals surface area contributed by atoms with Crippen molar-refractivity contribution in [3.8, 4) is 5.75 Å². The van der Waals surface area contributed by atoms with E-state index in [4.69, 9.17) is 10.5 Å². The average molecular weight is 178 g/mol. The van der Waals surface area contributed by atoms with Crippen LogP contribution in [0, 0.1) is 0 Å². The van der Waals surface area contributed by atoms with Gasteiger partial charge in [-0.05, 0) is 17.7 Å². The Labute approximate surface area is 78.2 Å². The van der Waals surface area contributed by atoms with Crippen LogP contribution < -0.4 is 10.5 Å². The number of ether oxygens (including phenoxy) is 1.